The van der Waals surface area contributed by atoms with Crippen LogP contribution < -0.4 is 10.2 Å². The third-order valence-electron chi connectivity index (χ3n) is 3.90. The number of benzene rings is 1. The fourth-order valence-corrected chi connectivity index (χ4v) is 3.78. The predicted molar refractivity (Wildman–Crippen MR) is 92.8 cm³/mol. The molecule has 0 bridgehead atoms. The molecule has 0 fully saturated rings. The lowest BCUT2D eigenvalue weighted by atomic mass is 10.0. The zero-order valence-corrected chi connectivity index (χ0v) is 15.7. The van der Waals surface area contributed by atoms with Crippen molar-refractivity contribution < 1.29 is 31.6 Å². The lowest BCUT2D eigenvalue weighted by molar-refractivity contribution is -0.137. The topological polar surface area (TPSA) is 108 Å². The van der Waals surface area contributed by atoms with Crippen LogP contribution in [0.5, 0.6) is 0 Å². The van der Waals surface area contributed by atoms with E-state index in [9.17, 15) is 26.4 Å². The number of hydrogen-bond donors (Lipinski definition) is 3. The molecule has 3 N–H and O–H groups in total. The highest BCUT2D eigenvalue weighted by molar-refractivity contribution is 7.89. The number of carbonyl (C=O) groups excluding carboxylic acids is 1. The number of alkyl halides is 3. The summed E-state index contributed by atoms with van der Waals surface area (Å²) in [5, 5.41) is 8.73. The van der Waals surface area contributed by atoms with E-state index in [-0.39, 0.29) is 22.1 Å². The first-order valence-corrected chi connectivity index (χ1v) is 9.54. The van der Waals surface area contributed by atoms with E-state index in [1.165, 1.54) is 23.8 Å². The van der Waals surface area contributed by atoms with Crippen LogP contribution in [-0.4, -0.2) is 24.5 Å². The average molecular weight is 417 g/mol. The molecule has 0 radical (unpaired) electrons. The summed E-state index contributed by atoms with van der Waals surface area (Å²) in [5.41, 5.74) is 0.785. The number of carbonyl (C=O) groups is 1. The van der Waals surface area contributed by atoms with Crippen molar-refractivity contribution in [2.24, 2.45) is 5.92 Å². The Morgan fingerprint density at radius 1 is 1.14 bits per heavy atom. The predicted octanol–water partition coefficient (Wildman–Crippen LogP) is 2.90. The van der Waals surface area contributed by atoms with Gasteiger partial charge in [0.2, 0.25) is 10.0 Å². The van der Waals surface area contributed by atoms with Crippen LogP contribution in [0.15, 0.2) is 47.5 Å². The van der Waals surface area contributed by atoms with E-state index in [0.717, 1.165) is 12.1 Å². The number of halogens is 3. The van der Waals surface area contributed by atoms with Crippen molar-refractivity contribution in [3.63, 3.8) is 0 Å². The zero-order chi connectivity index (χ0) is 21.1. The number of aromatic nitrogens is 1. The summed E-state index contributed by atoms with van der Waals surface area (Å²) >= 11 is 0. The Morgan fingerprint density at radius 2 is 1.75 bits per heavy atom. The van der Waals surface area contributed by atoms with Crippen LogP contribution in [0.4, 0.5) is 13.2 Å². The maximum Gasteiger partial charge on any atom is 0.416 e. The lowest BCUT2D eigenvalue weighted by Gasteiger charge is -2.22. The first-order valence-electron chi connectivity index (χ1n) is 8.05. The lowest BCUT2D eigenvalue weighted by Crippen LogP contribution is -2.32. The Labute approximate surface area is 159 Å². The van der Waals surface area contributed by atoms with Crippen LogP contribution in [0.2, 0.25) is 0 Å². The van der Waals surface area contributed by atoms with Crippen LogP contribution >= 0.6 is 0 Å². The molecule has 11 heteroatoms. The van der Waals surface area contributed by atoms with E-state index in [4.69, 9.17) is 5.21 Å². The SMILES string of the molecule is CC(C)C(NS(=O)(=O)c1ccc(C(F)(F)F)cc1)c1cc(C(=O)NO)ccn1. The molecular weight excluding hydrogens is 399 g/mol. The van der Waals surface area contributed by atoms with E-state index in [1.807, 2.05) is 0 Å². The molecular formula is C17H18F3N3O4S. The second-order valence-corrected chi connectivity index (χ2v) is 7.99. The molecule has 0 saturated carbocycles. The number of sulfonamides is 1. The summed E-state index contributed by atoms with van der Waals surface area (Å²) in [4.78, 5) is 15.3. The Bertz CT molecular complexity index is 945. The molecule has 1 atom stereocenters. The first kappa shape index (κ1) is 21.8. The molecule has 1 aromatic carbocycles. The van der Waals surface area contributed by atoms with Gasteiger partial charge in [-0.25, -0.2) is 18.6 Å². The minimum Gasteiger partial charge on any atom is -0.288 e. The smallest absolute Gasteiger partial charge is 0.288 e. The van der Waals surface area contributed by atoms with E-state index in [0.29, 0.717) is 12.1 Å². The minimum absolute atomic E-state index is 0.0619. The number of rotatable bonds is 6. The molecule has 0 aliphatic rings. The van der Waals surface area contributed by atoms with Gasteiger partial charge in [-0.1, -0.05) is 13.8 Å². The summed E-state index contributed by atoms with van der Waals surface area (Å²) in [6, 6.07) is 4.88. The van der Waals surface area contributed by atoms with Gasteiger partial charge in [-0.2, -0.15) is 13.2 Å². The molecule has 1 unspecified atom stereocenters. The quantitative estimate of drug-likeness (QED) is 0.495. The Morgan fingerprint density at radius 3 is 2.25 bits per heavy atom. The Hall–Kier alpha value is -2.50. The van der Waals surface area contributed by atoms with Crippen molar-refractivity contribution in [3.05, 3.63) is 59.4 Å². The van der Waals surface area contributed by atoms with Gasteiger partial charge in [0, 0.05) is 11.8 Å². The summed E-state index contributed by atoms with van der Waals surface area (Å²) in [7, 11) is -4.16. The Kier molecular flexibility index (Phi) is 6.42. The third kappa shape index (κ3) is 5.06. The fourth-order valence-electron chi connectivity index (χ4n) is 2.42. The molecule has 1 heterocycles. The van der Waals surface area contributed by atoms with Crippen molar-refractivity contribution in [1.29, 1.82) is 0 Å². The summed E-state index contributed by atoms with van der Waals surface area (Å²) < 4.78 is 65.6. The molecule has 0 spiro atoms. The molecule has 152 valence electrons. The van der Waals surface area contributed by atoms with Gasteiger partial charge in [0.25, 0.3) is 5.91 Å². The molecule has 0 aliphatic carbocycles. The van der Waals surface area contributed by atoms with Crippen molar-refractivity contribution in [3.8, 4) is 0 Å². The molecule has 1 aromatic heterocycles. The van der Waals surface area contributed by atoms with Gasteiger partial charge in [-0.3, -0.25) is 15.0 Å². The van der Waals surface area contributed by atoms with Gasteiger partial charge in [-0.15, -0.1) is 0 Å². The number of hydroxylamine groups is 1. The summed E-state index contributed by atoms with van der Waals surface area (Å²) in [6.07, 6.45) is -3.30. The van der Waals surface area contributed by atoms with Crippen LogP contribution in [0.3, 0.4) is 0 Å². The standard InChI is InChI=1S/C17H18F3N3O4S/c1-10(2)15(14-9-11(7-8-21-14)16(24)22-25)23-28(26,27)13-5-3-12(4-6-13)17(18,19)20/h3-10,15,23,25H,1-2H3,(H,22,24). The molecule has 0 saturated heterocycles. The van der Waals surface area contributed by atoms with Gasteiger partial charge in [0.15, 0.2) is 0 Å². The molecule has 28 heavy (non-hydrogen) atoms. The van der Waals surface area contributed by atoms with Crippen LogP contribution in [0.1, 0.15) is 41.5 Å². The third-order valence-corrected chi connectivity index (χ3v) is 5.36. The van der Waals surface area contributed by atoms with Gasteiger partial charge >= 0.3 is 6.18 Å². The Balaban J connectivity index is 2.34. The van der Waals surface area contributed by atoms with Crippen molar-refractivity contribution in [2.75, 3.05) is 0 Å². The maximum atomic E-state index is 12.7. The van der Waals surface area contributed by atoms with E-state index in [1.54, 1.807) is 13.8 Å². The van der Waals surface area contributed by atoms with Gasteiger partial charge < -0.3 is 0 Å². The normalized spacial score (nSPS) is 13.4. The van der Waals surface area contributed by atoms with Gasteiger partial charge in [0.05, 0.1) is 22.2 Å². The monoisotopic (exact) mass is 417 g/mol. The highest BCUT2D eigenvalue weighted by atomic mass is 32.2. The first-order chi connectivity index (χ1) is 13.0. The van der Waals surface area contributed by atoms with E-state index in [2.05, 4.69) is 9.71 Å². The molecule has 0 aliphatic heterocycles. The molecule has 7 nitrogen and oxygen atoms in total. The van der Waals surface area contributed by atoms with Crippen molar-refractivity contribution in [2.45, 2.75) is 31.0 Å². The number of hydrogen-bond acceptors (Lipinski definition) is 5. The van der Waals surface area contributed by atoms with E-state index < -0.39 is 33.7 Å². The number of nitrogens with zero attached hydrogens (tertiary/aromatic N) is 1. The fraction of sp³-hybridized carbons (Fsp3) is 0.294. The zero-order valence-electron chi connectivity index (χ0n) is 14.9. The molecule has 2 rings (SSSR count). The molecule has 2 aromatic rings. The van der Waals surface area contributed by atoms with Crippen molar-refractivity contribution in [1.82, 2.24) is 15.2 Å². The van der Waals surface area contributed by atoms with Gasteiger partial charge in [-0.05, 0) is 42.3 Å². The van der Waals surface area contributed by atoms with Gasteiger partial charge in [0.1, 0.15) is 0 Å². The largest absolute Gasteiger partial charge is 0.416 e. The second-order valence-electron chi connectivity index (χ2n) is 6.28. The summed E-state index contributed by atoms with van der Waals surface area (Å²) in [6.45, 7) is 3.42. The number of pyridine rings is 1. The summed E-state index contributed by atoms with van der Waals surface area (Å²) in [5.74, 6) is -1.10. The van der Waals surface area contributed by atoms with Crippen LogP contribution in [0.25, 0.3) is 0 Å². The highest BCUT2D eigenvalue weighted by Crippen LogP contribution is 2.30. The minimum atomic E-state index is -4.58. The van der Waals surface area contributed by atoms with Crippen LogP contribution in [-0.2, 0) is 16.2 Å². The number of nitrogens with one attached hydrogen (secondary N) is 2. The van der Waals surface area contributed by atoms with Crippen LogP contribution in [0, 0.1) is 5.92 Å². The maximum absolute atomic E-state index is 12.7. The average Bonchev–Trinajstić information content (AvgIpc) is 2.64. The second kappa shape index (κ2) is 8.25. The molecule has 1 amide bonds. The van der Waals surface area contributed by atoms with E-state index >= 15 is 0 Å². The highest BCUT2D eigenvalue weighted by Gasteiger charge is 2.31. The number of amides is 1. The van der Waals surface area contributed by atoms with Crippen molar-refractivity contribution >= 4 is 15.9 Å².